The monoisotopic (exact) mass is 382 g/mol. The van der Waals surface area contributed by atoms with E-state index in [0.717, 1.165) is 36.3 Å². The second-order valence-corrected chi connectivity index (χ2v) is 7.49. The predicted octanol–water partition coefficient (Wildman–Crippen LogP) is 2.34. The lowest BCUT2D eigenvalue weighted by atomic mass is 9.68. The Morgan fingerprint density at radius 1 is 1.14 bits per heavy atom. The Labute approximate surface area is 164 Å². The number of methoxy groups -OCH3 is 1. The standard InChI is InChI=1S/C21H26N4O3/c1-27-15-3-5-16(6-4-15)28-17-8-14(11-23-12-17)13-2-7-18-19(9-13)20(10-22)24-25-21(18)26/h3-6,8,11-13,18-20,24H,2,7,9-10,22H2,1H3,(H,25,26). The molecule has 148 valence electrons. The zero-order valence-electron chi connectivity index (χ0n) is 15.9. The number of nitrogens with one attached hydrogen (secondary N) is 2. The normalized spacial score (nSPS) is 26.9. The molecule has 2 fully saturated rings. The van der Waals surface area contributed by atoms with E-state index in [4.69, 9.17) is 15.2 Å². The molecule has 2 aliphatic rings. The quantitative estimate of drug-likeness (QED) is 0.734. The highest BCUT2D eigenvalue weighted by Crippen LogP contribution is 2.42. The summed E-state index contributed by atoms with van der Waals surface area (Å²) in [5, 5.41) is 0. The van der Waals surface area contributed by atoms with Gasteiger partial charge in [0.2, 0.25) is 5.91 Å². The van der Waals surface area contributed by atoms with Crippen molar-refractivity contribution in [3.8, 4) is 17.2 Å². The van der Waals surface area contributed by atoms with Crippen LogP contribution in [0, 0.1) is 11.8 Å². The number of carbonyl (C=O) groups is 1. The number of aromatic nitrogens is 1. The number of pyridine rings is 1. The molecule has 4 atom stereocenters. The Morgan fingerprint density at radius 2 is 1.93 bits per heavy atom. The summed E-state index contributed by atoms with van der Waals surface area (Å²) in [7, 11) is 1.64. The molecule has 1 saturated carbocycles. The molecule has 4 N–H and O–H groups in total. The molecule has 28 heavy (non-hydrogen) atoms. The van der Waals surface area contributed by atoms with Crippen molar-refractivity contribution < 1.29 is 14.3 Å². The maximum atomic E-state index is 12.2. The Morgan fingerprint density at radius 3 is 2.68 bits per heavy atom. The van der Waals surface area contributed by atoms with Gasteiger partial charge in [0, 0.05) is 24.7 Å². The van der Waals surface area contributed by atoms with Gasteiger partial charge in [-0.25, -0.2) is 5.43 Å². The van der Waals surface area contributed by atoms with Crippen LogP contribution in [0.4, 0.5) is 0 Å². The number of nitrogens with two attached hydrogens (primary N) is 1. The van der Waals surface area contributed by atoms with Gasteiger partial charge in [-0.05, 0) is 67.0 Å². The number of rotatable bonds is 5. The first kappa shape index (κ1) is 18.7. The Bertz CT molecular complexity index is 827. The lowest BCUT2D eigenvalue weighted by Gasteiger charge is -2.43. The minimum atomic E-state index is 0.0396. The number of benzene rings is 1. The Balaban J connectivity index is 1.48. The van der Waals surface area contributed by atoms with E-state index in [0.29, 0.717) is 18.2 Å². The van der Waals surface area contributed by atoms with E-state index >= 15 is 0 Å². The molecule has 7 nitrogen and oxygen atoms in total. The number of nitrogens with zero attached hydrogens (tertiary/aromatic N) is 1. The fourth-order valence-electron chi connectivity index (χ4n) is 4.37. The van der Waals surface area contributed by atoms with Crippen molar-refractivity contribution in [3.63, 3.8) is 0 Å². The zero-order valence-corrected chi connectivity index (χ0v) is 15.9. The first-order valence-corrected chi connectivity index (χ1v) is 9.70. The molecule has 2 aromatic rings. The second kappa shape index (κ2) is 8.16. The molecule has 1 aliphatic heterocycles. The maximum absolute atomic E-state index is 12.2. The number of ether oxygens (including phenoxy) is 2. The SMILES string of the molecule is COc1ccc(Oc2cncc(C3CCC4C(=O)NNC(CN)C4C3)c2)cc1. The third-order valence-corrected chi connectivity index (χ3v) is 5.89. The molecule has 0 bridgehead atoms. The molecule has 1 aromatic heterocycles. The van der Waals surface area contributed by atoms with Gasteiger partial charge in [0.05, 0.1) is 13.3 Å². The molecule has 1 aliphatic carbocycles. The summed E-state index contributed by atoms with van der Waals surface area (Å²) in [4.78, 5) is 16.6. The summed E-state index contributed by atoms with van der Waals surface area (Å²) in [5.74, 6) is 2.94. The lowest BCUT2D eigenvalue weighted by Crippen LogP contribution is -2.62. The summed E-state index contributed by atoms with van der Waals surface area (Å²) in [5.41, 5.74) is 12.9. The number of hydrogen-bond acceptors (Lipinski definition) is 6. The molecular weight excluding hydrogens is 356 g/mol. The summed E-state index contributed by atoms with van der Waals surface area (Å²) in [6.07, 6.45) is 6.36. The summed E-state index contributed by atoms with van der Waals surface area (Å²) in [6, 6.07) is 9.63. The van der Waals surface area contributed by atoms with Gasteiger partial charge < -0.3 is 15.2 Å². The molecule has 1 amide bonds. The minimum Gasteiger partial charge on any atom is -0.497 e. The summed E-state index contributed by atoms with van der Waals surface area (Å²) < 4.78 is 11.1. The number of hydrazine groups is 1. The zero-order chi connectivity index (χ0) is 19.5. The first-order valence-electron chi connectivity index (χ1n) is 9.70. The summed E-state index contributed by atoms with van der Waals surface area (Å²) in [6.45, 7) is 0.507. The van der Waals surface area contributed by atoms with Crippen LogP contribution in [-0.2, 0) is 4.79 Å². The van der Waals surface area contributed by atoms with Crippen LogP contribution in [0.1, 0.15) is 30.7 Å². The van der Waals surface area contributed by atoms with E-state index < -0.39 is 0 Å². The van der Waals surface area contributed by atoms with Gasteiger partial charge in [-0.3, -0.25) is 15.2 Å². The number of carbonyl (C=O) groups excluding carboxylic acids is 1. The number of amides is 1. The van der Waals surface area contributed by atoms with Crippen molar-refractivity contribution in [3.05, 3.63) is 48.3 Å². The third kappa shape index (κ3) is 3.81. The largest absolute Gasteiger partial charge is 0.497 e. The van der Waals surface area contributed by atoms with E-state index in [-0.39, 0.29) is 23.8 Å². The van der Waals surface area contributed by atoms with Gasteiger partial charge in [0.15, 0.2) is 0 Å². The van der Waals surface area contributed by atoms with Gasteiger partial charge in [0.25, 0.3) is 0 Å². The van der Waals surface area contributed by atoms with Crippen LogP contribution in [0.15, 0.2) is 42.7 Å². The highest BCUT2D eigenvalue weighted by Gasteiger charge is 2.42. The van der Waals surface area contributed by atoms with E-state index in [2.05, 4.69) is 21.9 Å². The predicted molar refractivity (Wildman–Crippen MR) is 105 cm³/mol. The van der Waals surface area contributed by atoms with E-state index in [1.54, 1.807) is 13.3 Å². The number of hydrogen-bond donors (Lipinski definition) is 3. The van der Waals surface area contributed by atoms with Crippen molar-refractivity contribution in [1.82, 2.24) is 15.8 Å². The molecule has 0 radical (unpaired) electrons. The van der Waals surface area contributed by atoms with Crippen molar-refractivity contribution >= 4 is 5.91 Å². The van der Waals surface area contributed by atoms with Crippen LogP contribution < -0.4 is 26.1 Å². The van der Waals surface area contributed by atoms with Crippen molar-refractivity contribution in [2.75, 3.05) is 13.7 Å². The molecule has 7 heteroatoms. The number of fused-ring (bicyclic) bond motifs is 1. The minimum absolute atomic E-state index is 0.0396. The Hall–Kier alpha value is -2.64. The topological polar surface area (TPSA) is 98.5 Å². The van der Waals surface area contributed by atoms with Gasteiger partial charge in [-0.2, -0.15) is 0 Å². The van der Waals surface area contributed by atoms with Crippen LogP contribution in [0.2, 0.25) is 0 Å². The Kier molecular flexibility index (Phi) is 5.45. The fourth-order valence-corrected chi connectivity index (χ4v) is 4.37. The van der Waals surface area contributed by atoms with E-state index in [9.17, 15) is 4.79 Å². The molecule has 1 saturated heterocycles. The second-order valence-electron chi connectivity index (χ2n) is 7.49. The van der Waals surface area contributed by atoms with E-state index in [1.165, 1.54) is 0 Å². The third-order valence-electron chi connectivity index (χ3n) is 5.89. The van der Waals surface area contributed by atoms with Crippen LogP contribution in [-0.4, -0.2) is 30.6 Å². The highest BCUT2D eigenvalue weighted by molar-refractivity contribution is 5.79. The van der Waals surface area contributed by atoms with Crippen LogP contribution >= 0.6 is 0 Å². The molecule has 1 aromatic carbocycles. The fraction of sp³-hybridized carbons (Fsp3) is 0.429. The van der Waals surface area contributed by atoms with Gasteiger partial charge in [0.1, 0.15) is 17.2 Å². The van der Waals surface area contributed by atoms with Crippen molar-refractivity contribution in [2.45, 2.75) is 31.2 Å². The maximum Gasteiger partial charge on any atom is 0.237 e. The van der Waals surface area contributed by atoms with Gasteiger partial charge >= 0.3 is 0 Å². The smallest absolute Gasteiger partial charge is 0.237 e. The average Bonchev–Trinajstić information content (AvgIpc) is 2.74. The average molecular weight is 382 g/mol. The summed E-state index contributed by atoms with van der Waals surface area (Å²) >= 11 is 0. The van der Waals surface area contributed by atoms with Gasteiger partial charge in [-0.15, -0.1) is 0 Å². The molecular formula is C21H26N4O3. The first-order chi connectivity index (χ1) is 13.7. The van der Waals surface area contributed by atoms with Gasteiger partial charge in [-0.1, -0.05) is 0 Å². The lowest BCUT2D eigenvalue weighted by molar-refractivity contribution is -0.133. The van der Waals surface area contributed by atoms with Crippen LogP contribution in [0.3, 0.4) is 0 Å². The molecule has 4 unspecified atom stereocenters. The molecule has 4 rings (SSSR count). The molecule has 0 spiro atoms. The van der Waals surface area contributed by atoms with Crippen LogP contribution in [0.5, 0.6) is 17.2 Å². The van der Waals surface area contributed by atoms with Crippen LogP contribution in [0.25, 0.3) is 0 Å². The molecule has 2 heterocycles. The highest BCUT2D eigenvalue weighted by atomic mass is 16.5. The van der Waals surface area contributed by atoms with E-state index in [1.807, 2.05) is 30.5 Å². The van der Waals surface area contributed by atoms with Crippen molar-refractivity contribution in [1.29, 1.82) is 0 Å². The van der Waals surface area contributed by atoms with Crippen molar-refractivity contribution in [2.24, 2.45) is 17.6 Å².